The molecule has 0 saturated carbocycles. The molecule has 0 amide bonds. The van der Waals surface area contributed by atoms with Crippen LogP contribution in [-0.4, -0.2) is 26.0 Å². The summed E-state index contributed by atoms with van der Waals surface area (Å²) in [5.41, 5.74) is 0.298. The van der Waals surface area contributed by atoms with E-state index in [9.17, 15) is 10.1 Å². The number of H-pyrrole nitrogens is 1. The number of benzene rings is 1. The maximum atomic E-state index is 10.9. The molecule has 2 heterocycles. The lowest BCUT2D eigenvalue weighted by atomic mass is 10.2. The Morgan fingerprint density at radius 1 is 1.48 bits per heavy atom. The van der Waals surface area contributed by atoms with Gasteiger partial charge in [0.15, 0.2) is 5.76 Å². The third kappa shape index (κ3) is 3.05. The lowest BCUT2D eigenvalue weighted by molar-refractivity contribution is -0.384. The number of furan rings is 1. The van der Waals surface area contributed by atoms with Gasteiger partial charge in [0.1, 0.15) is 5.02 Å². The van der Waals surface area contributed by atoms with E-state index in [1.165, 1.54) is 29.3 Å². The Hall–Kier alpha value is -2.78. The highest BCUT2D eigenvalue weighted by Gasteiger charge is 2.13. The molecule has 0 aliphatic heterocycles. The topological polar surface area (TPSA) is 102 Å². The summed E-state index contributed by atoms with van der Waals surface area (Å²) < 4.78 is 6.88. The predicted molar refractivity (Wildman–Crippen MR) is 86.2 cm³/mol. The molecule has 0 bridgehead atoms. The monoisotopic (exact) mass is 349 g/mol. The fourth-order valence-electron chi connectivity index (χ4n) is 1.84. The summed E-state index contributed by atoms with van der Waals surface area (Å²) in [6, 6.07) is 7.79. The summed E-state index contributed by atoms with van der Waals surface area (Å²) in [7, 11) is 0. The van der Waals surface area contributed by atoms with Crippen molar-refractivity contribution in [2.24, 2.45) is 5.10 Å². The number of aromatic nitrogens is 3. The maximum Gasteiger partial charge on any atom is 0.288 e. The number of nitrogens with one attached hydrogen (secondary N) is 1. The van der Waals surface area contributed by atoms with E-state index in [2.05, 4.69) is 15.3 Å². The van der Waals surface area contributed by atoms with E-state index in [0.717, 1.165) is 0 Å². The highest BCUT2D eigenvalue weighted by molar-refractivity contribution is 7.71. The van der Waals surface area contributed by atoms with Crippen molar-refractivity contribution in [3.05, 3.63) is 62.1 Å². The summed E-state index contributed by atoms with van der Waals surface area (Å²) in [6.45, 7) is 0. The molecule has 10 heteroatoms. The molecular weight excluding hydrogens is 342 g/mol. The molecule has 0 atom stereocenters. The molecule has 116 valence electrons. The van der Waals surface area contributed by atoms with Crippen molar-refractivity contribution in [2.45, 2.75) is 0 Å². The Morgan fingerprint density at radius 2 is 2.30 bits per heavy atom. The van der Waals surface area contributed by atoms with E-state index < -0.39 is 4.92 Å². The van der Waals surface area contributed by atoms with Gasteiger partial charge in [0, 0.05) is 11.6 Å². The second-order valence-corrected chi connectivity index (χ2v) is 5.15. The molecule has 3 rings (SSSR count). The largest absolute Gasteiger partial charge is 0.461 e. The van der Waals surface area contributed by atoms with Gasteiger partial charge in [0.25, 0.3) is 5.69 Å². The quantitative estimate of drug-likeness (QED) is 0.335. The molecule has 3 aromatic rings. The highest BCUT2D eigenvalue weighted by Crippen LogP contribution is 2.24. The minimum Gasteiger partial charge on any atom is -0.461 e. The van der Waals surface area contributed by atoms with Crippen LogP contribution in [0, 0.1) is 14.9 Å². The van der Waals surface area contributed by atoms with Crippen LogP contribution in [-0.2, 0) is 0 Å². The first-order valence-electron chi connectivity index (χ1n) is 6.26. The number of halogens is 1. The lowest BCUT2D eigenvalue weighted by Crippen LogP contribution is -1.95. The molecule has 0 spiro atoms. The van der Waals surface area contributed by atoms with Crippen LogP contribution in [0.1, 0.15) is 5.56 Å². The second-order valence-electron chi connectivity index (χ2n) is 4.35. The van der Waals surface area contributed by atoms with Crippen molar-refractivity contribution in [2.75, 3.05) is 0 Å². The highest BCUT2D eigenvalue weighted by atomic mass is 35.5. The van der Waals surface area contributed by atoms with Crippen molar-refractivity contribution >= 4 is 35.7 Å². The zero-order valence-corrected chi connectivity index (χ0v) is 12.9. The van der Waals surface area contributed by atoms with Gasteiger partial charge in [0.05, 0.1) is 17.4 Å². The fraction of sp³-hybridized carbons (Fsp3) is 0. The van der Waals surface area contributed by atoms with Gasteiger partial charge in [-0.1, -0.05) is 17.7 Å². The van der Waals surface area contributed by atoms with Gasteiger partial charge < -0.3 is 4.42 Å². The Morgan fingerprint density at radius 3 is 3.00 bits per heavy atom. The predicted octanol–water partition coefficient (Wildman–Crippen LogP) is 3.64. The summed E-state index contributed by atoms with van der Waals surface area (Å²) >= 11 is 10.9. The van der Waals surface area contributed by atoms with E-state index in [1.807, 2.05) is 0 Å². The van der Waals surface area contributed by atoms with Crippen LogP contribution in [0.4, 0.5) is 5.69 Å². The van der Waals surface area contributed by atoms with E-state index in [1.54, 1.807) is 18.2 Å². The van der Waals surface area contributed by atoms with Crippen molar-refractivity contribution in [3.63, 3.8) is 0 Å². The number of nitrogens with zero attached hydrogens (tertiary/aromatic N) is 4. The van der Waals surface area contributed by atoms with Crippen LogP contribution >= 0.6 is 23.8 Å². The van der Waals surface area contributed by atoms with Gasteiger partial charge in [-0.05, 0) is 30.4 Å². The van der Waals surface area contributed by atoms with Crippen LogP contribution in [0.5, 0.6) is 0 Å². The van der Waals surface area contributed by atoms with Crippen LogP contribution in [0.3, 0.4) is 0 Å². The molecule has 1 N–H and O–H groups in total. The van der Waals surface area contributed by atoms with Crippen molar-refractivity contribution in [1.29, 1.82) is 0 Å². The van der Waals surface area contributed by atoms with Gasteiger partial charge >= 0.3 is 0 Å². The standard InChI is InChI=1S/C13H8ClN5O3S/c14-9-4-3-8(6-10(9)19(20)21)7-15-18-12(16-17-13(18)23)11-2-1-5-22-11/h1-7H,(H,17,23). The lowest BCUT2D eigenvalue weighted by Gasteiger charge is -1.99. The molecule has 0 fully saturated rings. The van der Waals surface area contributed by atoms with Crippen molar-refractivity contribution in [1.82, 2.24) is 14.9 Å². The molecule has 23 heavy (non-hydrogen) atoms. The summed E-state index contributed by atoms with van der Waals surface area (Å²) in [5.74, 6) is 0.872. The first-order valence-corrected chi connectivity index (χ1v) is 7.04. The van der Waals surface area contributed by atoms with E-state index >= 15 is 0 Å². The van der Waals surface area contributed by atoms with Crippen LogP contribution in [0.25, 0.3) is 11.6 Å². The molecule has 0 saturated heterocycles. The first-order chi connectivity index (χ1) is 11.1. The molecule has 2 aromatic heterocycles. The fourth-order valence-corrected chi connectivity index (χ4v) is 2.20. The van der Waals surface area contributed by atoms with Gasteiger partial charge in [0.2, 0.25) is 10.6 Å². The average Bonchev–Trinajstić information content (AvgIpc) is 3.16. The van der Waals surface area contributed by atoms with Gasteiger partial charge in [-0.2, -0.15) is 9.78 Å². The number of rotatable bonds is 4. The SMILES string of the molecule is O=[N+]([O-])c1cc(C=Nn2c(-c3ccco3)n[nH]c2=S)ccc1Cl. The Labute approximate surface area is 139 Å². The van der Waals surface area contributed by atoms with Gasteiger partial charge in [-0.15, -0.1) is 5.10 Å². The molecule has 0 unspecified atom stereocenters. The Bertz CT molecular complexity index is 945. The Balaban J connectivity index is 1.99. The van der Waals surface area contributed by atoms with Crippen LogP contribution in [0.2, 0.25) is 5.02 Å². The van der Waals surface area contributed by atoms with E-state index in [0.29, 0.717) is 17.1 Å². The number of aromatic amines is 1. The number of nitro groups is 1. The van der Waals surface area contributed by atoms with Crippen molar-refractivity contribution < 1.29 is 9.34 Å². The number of hydrogen-bond donors (Lipinski definition) is 1. The van der Waals surface area contributed by atoms with E-state index in [-0.39, 0.29) is 15.5 Å². The minimum absolute atomic E-state index is 0.0587. The zero-order valence-electron chi connectivity index (χ0n) is 11.3. The average molecular weight is 350 g/mol. The first kappa shape index (κ1) is 15.1. The minimum atomic E-state index is -0.558. The number of hydrogen-bond acceptors (Lipinski definition) is 6. The Kier molecular flexibility index (Phi) is 4.04. The van der Waals surface area contributed by atoms with Crippen LogP contribution in [0.15, 0.2) is 46.1 Å². The van der Waals surface area contributed by atoms with Gasteiger partial charge in [-0.3, -0.25) is 10.1 Å². The zero-order chi connectivity index (χ0) is 16.4. The molecule has 8 nitrogen and oxygen atoms in total. The molecule has 1 aromatic carbocycles. The summed E-state index contributed by atoms with van der Waals surface area (Å²) in [6.07, 6.45) is 2.92. The summed E-state index contributed by atoms with van der Waals surface area (Å²) in [4.78, 5) is 10.3. The second kappa shape index (κ2) is 6.15. The third-order valence-electron chi connectivity index (χ3n) is 2.88. The van der Waals surface area contributed by atoms with Crippen LogP contribution < -0.4 is 0 Å². The molecule has 0 radical (unpaired) electrons. The smallest absolute Gasteiger partial charge is 0.288 e. The third-order valence-corrected chi connectivity index (χ3v) is 3.47. The molecule has 0 aliphatic rings. The molecular formula is C13H8ClN5O3S. The van der Waals surface area contributed by atoms with Gasteiger partial charge in [-0.25, -0.2) is 5.10 Å². The summed E-state index contributed by atoms with van der Waals surface area (Å²) in [5, 5.41) is 21.8. The molecule has 0 aliphatic carbocycles. The number of nitro benzene ring substituents is 1. The normalized spacial score (nSPS) is 11.2. The maximum absolute atomic E-state index is 10.9. The van der Waals surface area contributed by atoms with E-state index in [4.69, 9.17) is 28.2 Å². The van der Waals surface area contributed by atoms with Crippen molar-refractivity contribution in [3.8, 4) is 11.6 Å².